The zero-order valence-electron chi connectivity index (χ0n) is 12.9. The average Bonchev–Trinajstić information content (AvgIpc) is 2.80. The first-order valence-electron chi connectivity index (χ1n) is 7.48. The van der Waals surface area contributed by atoms with Crippen molar-refractivity contribution in [3.05, 3.63) is 18.0 Å². The Bertz CT molecular complexity index is 400. The van der Waals surface area contributed by atoms with Gasteiger partial charge in [-0.2, -0.15) is 5.10 Å². The van der Waals surface area contributed by atoms with Crippen molar-refractivity contribution in [2.45, 2.75) is 46.6 Å². The second-order valence-electron chi connectivity index (χ2n) is 5.75. The molecule has 0 aliphatic rings. The minimum absolute atomic E-state index is 0.122. The van der Waals surface area contributed by atoms with Crippen molar-refractivity contribution in [3.63, 3.8) is 0 Å². The Hall–Kier alpha value is -1.36. The van der Waals surface area contributed by atoms with Gasteiger partial charge in [-0.15, -0.1) is 0 Å². The second kappa shape index (κ2) is 8.74. The number of aryl methyl sites for hydroxylation is 1. The molecular weight excluding hydrogens is 252 g/mol. The van der Waals surface area contributed by atoms with E-state index in [-0.39, 0.29) is 5.91 Å². The fourth-order valence-electron chi connectivity index (χ4n) is 2.33. The molecule has 0 radical (unpaired) electrons. The molecule has 20 heavy (non-hydrogen) atoms. The van der Waals surface area contributed by atoms with E-state index in [1.54, 1.807) is 0 Å². The maximum Gasteiger partial charge on any atom is 0.220 e. The molecule has 0 aliphatic carbocycles. The van der Waals surface area contributed by atoms with Crippen LogP contribution in [0, 0.1) is 18.8 Å². The summed E-state index contributed by atoms with van der Waals surface area (Å²) < 4.78 is 1.85. The second-order valence-corrected chi connectivity index (χ2v) is 5.75. The summed E-state index contributed by atoms with van der Waals surface area (Å²) in [5.41, 5.74) is 6.75. The number of aromatic nitrogens is 2. The van der Waals surface area contributed by atoms with Crippen LogP contribution in [0.5, 0.6) is 0 Å². The van der Waals surface area contributed by atoms with Crippen LogP contribution in [0.4, 0.5) is 0 Å². The van der Waals surface area contributed by atoms with Crippen molar-refractivity contribution >= 4 is 5.91 Å². The quantitative estimate of drug-likeness (QED) is 0.723. The van der Waals surface area contributed by atoms with E-state index in [0.717, 1.165) is 24.9 Å². The number of carbonyl (C=O) groups is 1. The van der Waals surface area contributed by atoms with Crippen LogP contribution < -0.4 is 11.1 Å². The number of nitrogens with two attached hydrogens (primary N) is 1. The van der Waals surface area contributed by atoms with Gasteiger partial charge in [0.15, 0.2) is 0 Å². The number of hydrogen-bond donors (Lipinski definition) is 2. The summed E-state index contributed by atoms with van der Waals surface area (Å²) in [7, 11) is 0. The molecule has 0 bridgehead atoms. The predicted molar refractivity (Wildman–Crippen MR) is 81.2 cm³/mol. The highest BCUT2D eigenvalue weighted by Gasteiger charge is 2.14. The first kappa shape index (κ1) is 16.7. The van der Waals surface area contributed by atoms with Gasteiger partial charge in [0.1, 0.15) is 0 Å². The van der Waals surface area contributed by atoms with Gasteiger partial charge in [0.25, 0.3) is 0 Å². The average molecular weight is 280 g/mol. The first-order chi connectivity index (χ1) is 9.52. The van der Waals surface area contributed by atoms with E-state index in [0.29, 0.717) is 31.3 Å². The number of nitrogens with one attached hydrogen (secondary N) is 1. The Morgan fingerprint density at radius 3 is 2.75 bits per heavy atom. The first-order valence-corrected chi connectivity index (χ1v) is 7.48. The van der Waals surface area contributed by atoms with Crippen molar-refractivity contribution in [2.24, 2.45) is 17.6 Å². The van der Waals surface area contributed by atoms with E-state index in [1.807, 2.05) is 24.0 Å². The van der Waals surface area contributed by atoms with E-state index >= 15 is 0 Å². The van der Waals surface area contributed by atoms with Crippen LogP contribution in [0.3, 0.4) is 0 Å². The summed E-state index contributed by atoms with van der Waals surface area (Å²) >= 11 is 0. The topological polar surface area (TPSA) is 72.9 Å². The third-order valence-electron chi connectivity index (χ3n) is 3.65. The normalized spacial score (nSPS) is 12.7. The van der Waals surface area contributed by atoms with Gasteiger partial charge in [-0.25, -0.2) is 0 Å². The number of rotatable bonds is 9. The van der Waals surface area contributed by atoms with Crippen LogP contribution in [-0.4, -0.2) is 28.8 Å². The smallest absolute Gasteiger partial charge is 0.220 e. The van der Waals surface area contributed by atoms with Crippen molar-refractivity contribution < 1.29 is 4.79 Å². The zero-order chi connectivity index (χ0) is 15.0. The molecule has 1 heterocycles. The molecule has 5 nitrogen and oxygen atoms in total. The van der Waals surface area contributed by atoms with Crippen LogP contribution in [0.15, 0.2) is 12.4 Å². The molecule has 0 aliphatic heterocycles. The van der Waals surface area contributed by atoms with Crippen molar-refractivity contribution in [2.75, 3.05) is 13.1 Å². The zero-order valence-corrected chi connectivity index (χ0v) is 12.9. The fourth-order valence-corrected chi connectivity index (χ4v) is 2.33. The van der Waals surface area contributed by atoms with Gasteiger partial charge in [-0.1, -0.05) is 13.8 Å². The Labute approximate surface area is 121 Å². The van der Waals surface area contributed by atoms with Crippen LogP contribution in [0.2, 0.25) is 0 Å². The lowest BCUT2D eigenvalue weighted by molar-refractivity contribution is -0.121. The molecule has 0 saturated carbocycles. The largest absolute Gasteiger partial charge is 0.354 e. The van der Waals surface area contributed by atoms with Gasteiger partial charge in [0.2, 0.25) is 5.91 Å². The van der Waals surface area contributed by atoms with E-state index < -0.39 is 0 Å². The van der Waals surface area contributed by atoms with Gasteiger partial charge in [-0.05, 0) is 43.7 Å². The predicted octanol–water partition coefficient (Wildman–Crippen LogP) is 1.71. The lowest BCUT2D eigenvalue weighted by Crippen LogP contribution is -2.28. The van der Waals surface area contributed by atoms with Crippen LogP contribution in [0.25, 0.3) is 0 Å². The summed E-state index contributed by atoms with van der Waals surface area (Å²) in [5, 5.41) is 7.13. The Morgan fingerprint density at radius 2 is 2.20 bits per heavy atom. The molecule has 0 aromatic carbocycles. The maximum atomic E-state index is 11.8. The Kier molecular flexibility index (Phi) is 7.30. The molecule has 3 N–H and O–H groups in total. The number of hydrogen-bond acceptors (Lipinski definition) is 3. The molecule has 0 spiro atoms. The van der Waals surface area contributed by atoms with Crippen molar-refractivity contribution in [1.29, 1.82) is 0 Å². The summed E-state index contributed by atoms with van der Waals surface area (Å²) in [5.74, 6) is 1.24. The standard InChI is InChI=1S/C15H28N4O/c1-12(2)14(6-7-16)4-5-15(20)17-8-9-19-11-13(3)10-18-19/h10-12,14H,4-9,16H2,1-3H3,(H,17,20). The molecule has 0 fully saturated rings. The monoisotopic (exact) mass is 280 g/mol. The summed E-state index contributed by atoms with van der Waals surface area (Å²) in [6.45, 7) is 8.43. The van der Waals surface area contributed by atoms with Gasteiger partial charge < -0.3 is 11.1 Å². The third-order valence-corrected chi connectivity index (χ3v) is 3.65. The van der Waals surface area contributed by atoms with Crippen LogP contribution in [0.1, 0.15) is 38.7 Å². The minimum atomic E-state index is 0.122. The molecule has 1 amide bonds. The van der Waals surface area contributed by atoms with Crippen molar-refractivity contribution in [3.8, 4) is 0 Å². The maximum absolute atomic E-state index is 11.8. The lowest BCUT2D eigenvalue weighted by Gasteiger charge is -2.19. The molecule has 5 heteroatoms. The highest BCUT2D eigenvalue weighted by Crippen LogP contribution is 2.20. The molecule has 0 saturated heterocycles. The summed E-state index contributed by atoms with van der Waals surface area (Å²) in [6, 6.07) is 0. The molecular formula is C15H28N4O. The van der Waals surface area contributed by atoms with Gasteiger partial charge in [-0.3, -0.25) is 9.48 Å². The Morgan fingerprint density at radius 1 is 1.45 bits per heavy atom. The van der Waals surface area contributed by atoms with Gasteiger partial charge in [0.05, 0.1) is 12.7 Å². The van der Waals surface area contributed by atoms with Gasteiger partial charge in [0, 0.05) is 19.2 Å². The van der Waals surface area contributed by atoms with Crippen LogP contribution in [-0.2, 0) is 11.3 Å². The molecule has 114 valence electrons. The van der Waals surface area contributed by atoms with E-state index in [4.69, 9.17) is 5.73 Å². The number of carbonyl (C=O) groups excluding carboxylic acids is 1. The minimum Gasteiger partial charge on any atom is -0.354 e. The molecule has 1 aromatic rings. The summed E-state index contributed by atoms with van der Waals surface area (Å²) in [4.78, 5) is 11.8. The highest BCUT2D eigenvalue weighted by molar-refractivity contribution is 5.75. The number of nitrogens with zero attached hydrogens (tertiary/aromatic N) is 2. The fraction of sp³-hybridized carbons (Fsp3) is 0.733. The van der Waals surface area contributed by atoms with E-state index in [2.05, 4.69) is 24.3 Å². The van der Waals surface area contributed by atoms with Gasteiger partial charge >= 0.3 is 0 Å². The number of amides is 1. The molecule has 1 rings (SSSR count). The third kappa shape index (κ3) is 6.19. The van der Waals surface area contributed by atoms with Crippen LogP contribution >= 0.6 is 0 Å². The van der Waals surface area contributed by atoms with E-state index in [9.17, 15) is 4.79 Å². The molecule has 1 atom stereocenters. The SMILES string of the molecule is Cc1cnn(CCNC(=O)CCC(CCN)C(C)C)c1. The van der Waals surface area contributed by atoms with E-state index in [1.165, 1.54) is 0 Å². The Balaban J connectivity index is 2.19. The molecule has 1 aromatic heterocycles. The molecule has 1 unspecified atom stereocenters. The van der Waals surface area contributed by atoms with Crippen molar-refractivity contribution in [1.82, 2.24) is 15.1 Å². The highest BCUT2D eigenvalue weighted by atomic mass is 16.1. The summed E-state index contributed by atoms with van der Waals surface area (Å²) in [6.07, 6.45) is 6.30. The lowest BCUT2D eigenvalue weighted by atomic mass is 9.88.